The molecule has 1 saturated carbocycles. The van der Waals surface area contributed by atoms with E-state index in [0.717, 1.165) is 19.3 Å². The molecule has 1 aliphatic rings. The third-order valence-corrected chi connectivity index (χ3v) is 4.67. The smallest absolute Gasteiger partial charge is 0.341 e. The molecule has 1 atom stereocenters. The number of aliphatic carboxylic acids is 1. The van der Waals surface area contributed by atoms with Gasteiger partial charge in [0.15, 0.2) is 18.1 Å². The molecule has 0 spiro atoms. The minimum atomic E-state index is -1.07. The average molecular weight is 349 g/mol. The lowest BCUT2D eigenvalue weighted by molar-refractivity contribution is -0.139. The molecule has 1 aliphatic carbocycles. The first kappa shape index (κ1) is 19.1. The first-order valence-corrected chi connectivity index (χ1v) is 8.76. The highest BCUT2D eigenvalue weighted by Crippen LogP contribution is 2.36. The van der Waals surface area contributed by atoms with Crippen molar-refractivity contribution in [2.75, 3.05) is 13.2 Å². The summed E-state index contributed by atoms with van der Waals surface area (Å²) in [6, 6.07) is 4.96. The molecule has 1 fully saturated rings. The molecular formula is C19H27NO5. The molecule has 1 unspecified atom stereocenters. The highest BCUT2D eigenvalue weighted by molar-refractivity contribution is 5.95. The lowest BCUT2D eigenvalue weighted by atomic mass is 9.73. The number of carboxylic acids is 1. The van der Waals surface area contributed by atoms with Crippen LogP contribution in [0, 0.1) is 5.41 Å². The Kier molecular flexibility index (Phi) is 6.28. The third-order valence-electron chi connectivity index (χ3n) is 4.67. The van der Waals surface area contributed by atoms with Gasteiger partial charge in [0.05, 0.1) is 6.61 Å². The van der Waals surface area contributed by atoms with Crippen LogP contribution < -0.4 is 14.8 Å². The molecule has 0 aliphatic heterocycles. The van der Waals surface area contributed by atoms with Crippen molar-refractivity contribution in [2.24, 2.45) is 5.41 Å². The SMILES string of the molecule is CCOc1cc(C(=O)NC2CCCCC2(C)C)ccc1OCC(=O)O. The molecule has 1 amide bonds. The van der Waals surface area contributed by atoms with Crippen LogP contribution in [0.4, 0.5) is 0 Å². The zero-order chi connectivity index (χ0) is 18.4. The fourth-order valence-electron chi connectivity index (χ4n) is 3.18. The zero-order valence-corrected chi connectivity index (χ0v) is 15.1. The van der Waals surface area contributed by atoms with E-state index in [0.29, 0.717) is 23.7 Å². The van der Waals surface area contributed by atoms with Crippen molar-refractivity contribution in [2.45, 2.75) is 52.5 Å². The van der Waals surface area contributed by atoms with Crippen molar-refractivity contribution in [1.29, 1.82) is 0 Å². The number of carboxylic acid groups (broad SMARTS) is 1. The minimum Gasteiger partial charge on any atom is -0.490 e. The monoisotopic (exact) mass is 349 g/mol. The van der Waals surface area contributed by atoms with E-state index in [-0.39, 0.29) is 17.4 Å². The van der Waals surface area contributed by atoms with Gasteiger partial charge in [0, 0.05) is 11.6 Å². The van der Waals surface area contributed by atoms with Crippen LogP contribution in [0.15, 0.2) is 18.2 Å². The summed E-state index contributed by atoms with van der Waals surface area (Å²) in [4.78, 5) is 23.3. The molecule has 6 nitrogen and oxygen atoms in total. The van der Waals surface area contributed by atoms with Gasteiger partial charge in [-0.05, 0) is 43.4 Å². The van der Waals surface area contributed by atoms with Crippen molar-refractivity contribution in [3.05, 3.63) is 23.8 Å². The van der Waals surface area contributed by atoms with Gasteiger partial charge in [-0.1, -0.05) is 26.7 Å². The highest BCUT2D eigenvalue weighted by atomic mass is 16.5. The molecule has 0 bridgehead atoms. The van der Waals surface area contributed by atoms with Crippen LogP contribution in [0.1, 0.15) is 56.8 Å². The number of ether oxygens (including phenoxy) is 2. The van der Waals surface area contributed by atoms with Crippen LogP contribution >= 0.6 is 0 Å². The Balaban J connectivity index is 2.13. The number of nitrogens with one attached hydrogen (secondary N) is 1. The molecule has 0 saturated heterocycles. The summed E-state index contributed by atoms with van der Waals surface area (Å²) in [5, 5.41) is 11.9. The quantitative estimate of drug-likeness (QED) is 0.789. The number of benzene rings is 1. The minimum absolute atomic E-state index is 0.0845. The predicted octanol–water partition coefficient (Wildman–Crippen LogP) is 3.25. The van der Waals surface area contributed by atoms with E-state index in [1.807, 2.05) is 6.92 Å². The number of hydrogen-bond acceptors (Lipinski definition) is 4. The van der Waals surface area contributed by atoms with E-state index < -0.39 is 12.6 Å². The Morgan fingerprint density at radius 1 is 1.24 bits per heavy atom. The van der Waals surface area contributed by atoms with Crippen molar-refractivity contribution in [3.63, 3.8) is 0 Å². The molecule has 1 aromatic carbocycles. The van der Waals surface area contributed by atoms with Crippen LogP contribution in [0.3, 0.4) is 0 Å². The summed E-state index contributed by atoms with van der Waals surface area (Å²) >= 11 is 0. The lowest BCUT2D eigenvalue weighted by Gasteiger charge is -2.39. The fraction of sp³-hybridized carbons (Fsp3) is 0.579. The Bertz CT molecular complexity index is 626. The van der Waals surface area contributed by atoms with Gasteiger partial charge in [0.25, 0.3) is 5.91 Å². The van der Waals surface area contributed by atoms with E-state index in [1.165, 1.54) is 6.42 Å². The standard InChI is InChI=1S/C19H27NO5/c1-4-24-15-11-13(8-9-14(15)25-12-17(21)22)18(23)20-16-7-5-6-10-19(16,2)3/h8-9,11,16H,4-7,10,12H2,1-3H3,(H,20,23)(H,21,22). The van der Waals surface area contributed by atoms with Gasteiger partial charge in [0.1, 0.15) is 0 Å². The molecule has 138 valence electrons. The van der Waals surface area contributed by atoms with Crippen LogP contribution in [0.2, 0.25) is 0 Å². The van der Waals surface area contributed by atoms with Crippen LogP contribution in [-0.4, -0.2) is 36.2 Å². The third kappa shape index (κ3) is 5.11. The van der Waals surface area contributed by atoms with Gasteiger partial charge < -0.3 is 19.9 Å². The summed E-state index contributed by atoms with van der Waals surface area (Å²) in [5.41, 5.74) is 0.564. The lowest BCUT2D eigenvalue weighted by Crippen LogP contribution is -2.46. The van der Waals surface area contributed by atoms with Gasteiger partial charge in [-0.2, -0.15) is 0 Å². The topological polar surface area (TPSA) is 84.9 Å². The first-order valence-electron chi connectivity index (χ1n) is 8.76. The van der Waals surface area contributed by atoms with Crippen LogP contribution in [0.25, 0.3) is 0 Å². The van der Waals surface area contributed by atoms with Gasteiger partial charge in [0.2, 0.25) is 0 Å². The summed E-state index contributed by atoms with van der Waals surface area (Å²) in [5.74, 6) is -0.521. The second-order valence-electron chi connectivity index (χ2n) is 7.04. The van der Waals surface area contributed by atoms with E-state index in [1.54, 1.807) is 18.2 Å². The van der Waals surface area contributed by atoms with Crippen molar-refractivity contribution >= 4 is 11.9 Å². The molecule has 2 rings (SSSR count). The molecule has 6 heteroatoms. The van der Waals surface area contributed by atoms with Crippen molar-refractivity contribution in [1.82, 2.24) is 5.32 Å². The molecule has 2 N–H and O–H groups in total. The number of rotatable bonds is 7. The van der Waals surface area contributed by atoms with Crippen molar-refractivity contribution in [3.8, 4) is 11.5 Å². The van der Waals surface area contributed by atoms with Gasteiger partial charge in [-0.15, -0.1) is 0 Å². The van der Waals surface area contributed by atoms with Crippen LogP contribution in [0.5, 0.6) is 11.5 Å². The predicted molar refractivity (Wildman–Crippen MR) is 94.2 cm³/mol. The molecule has 0 radical (unpaired) electrons. The Morgan fingerprint density at radius 2 is 2.00 bits per heavy atom. The van der Waals surface area contributed by atoms with Gasteiger partial charge in [-0.3, -0.25) is 4.79 Å². The van der Waals surface area contributed by atoms with E-state index in [9.17, 15) is 9.59 Å². The maximum Gasteiger partial charge on any atom is 0.341 e. The maximum atomic E-state index is 12.6. The van der Waals surface area contributed by atoms with E-state index in [2.05, 4.69) is 19.2 Å². The highest BCUT2D eigenvalue weighted by Gasteiger charge is 2.33. The second kappa shape index (κ2) is 8.23. The van der Waals surface area contributed by atoms with Gasteiger partial charge >= 0.3 is 5.97 Å². The molecular weight excluding hydrogens is 322 g/mol. The first-order chi connectivity index (χ1) is 11.8. The largest absolute Gasteiger partial charge is 0.490 e. The molecule has 0 aromatic heterocycles. The van der Waals surface area contributed by atoms with Gasteiger partial charge in [-0.25, -0.2) is 4.79 Å². The molecule has 1 aromatic rings. The summed E-state index contributed by atoms with van der Waals surface area (Å²) in [7, 11) is 0. The van der Waals surface area contributed by atoms with E-state index in [4.69, 9.17) is 14.6 Å². The van der Waals surface area contributed by atoms with Crippen molar-refractivity contribution < 1.29 is 24.2 Å². The number of carbonyl (C=O) groups excluding carboxylic acids is 1. The fourth-order valence-corrected chi connectivity index (χ4v) is 3.18. The number of hydrogen-bond donors (Lipinski definition) is 2. The van der Waals surface area contributed by atoms with Crippen LogP contribution in [-0.2, 0) is 4.79 Å². The number of amides is 1. The normalized spacial score (nSPS) is 19.1. The average Bonchev–Trinajstić information content (AvgIpc) is 2.55. The Hall–Kier alpha value is -2.24. The summed E-state index contributed by atoms with van der Waals surface area (Å²) in [6.45, 7) is 6.13. The Morgan fingerprint density at radius 3 is 2.64 bits per heavy atom. The molecule has 0 heterocycles. The Labute approximate surface area is 148 Å². The summed E-state index contributed by atoms with van der Waals surface area (Å²) < 4.78 is 10.7. The zero-order valence-electron chi connectivity index (χ0n) is 15.1. The number of carbonyl (C=O) groups is 2. The maximum absolute atomic E-state index is 12.6. The summed E-state index contributed by atoms with van der Waals surface area (Å²) in [6.07, 6.45) is 4.41. The second-order valence-corrected chi connectivity index (χ2v) is 7.04. The van der Waals surface area contributed by atoms with E-state index >= 15 is 0 Å². The molecule has 25 heavy (non-hydrogen) atoms.